The highest BCUT2D eigenvalue weighted by Gasteiger charge is 2.39. The first-order valence-electron chi connectivity index (χ1n) is 13.4. The number of hydrogen-bond donors (Lipinski definition) is 1. The van der Waals surface area contributed by atoms with E-state index in [4.69, 9.17) is 9.15 Å². The largest absolute Gasteiger partial charge is 0.465 e. The number of rotatable bonds is 10. The summed E-state index contributed by atoms with van der Waals surface area (Å²) in [5.41, 5.74) is 3.38. The van der Waals surface area contributed by atoms with Crippen molar-refractivity contribution in [2.24, 2.45) is 5.92 Å². The van der Waals surface area contributed by atoms with Gasteiger partial charge in [0.15, 0.2) is 5.43 Å². The van der Waals surface area contributed by atoms with E-state index in [1.807, 2.05) is 75.4 Å². The second-order valence-corrected chi connectivity index (χ2v) is 10.2. The Bertz CT molecular complexity index is 1280. The molecule has 38 heavy (non-hydrogen) atoms. The summed E-state index contributed by atoms with van der Waals surface area (Å²) in [7, 11) is 0. The van der Waals surface area contributed by atoms with Crippen molar-refractivity contribution in [2.75, 3.05) is 6.61 Å². The zero-order chi connectivity index (χ0) is 27.3. The smallest absolute Gasteiger partial charge is 0.191 e. The normalized spacial score (nSPS) is 14.2. The molecule has 0 aliphatic rings. The van der Waals surface area contributed by atoms with Crippen LogP contribution in [0.5, 0.6) is 0 Å². The monoisotopic (exact) mass is 510 g/mol. The highest BCUT2D eigenvalue weighted by Crippen LogP contribution is 2.41. The average Bonchev–Trinajstić information content (AvgIpc) is 2.97. The minimum Gasteiger partial charge on any atom is -0.465 e. The Morgan fingerprint density at radius 3 is 1.66 bits per heavy atom. The van der Waals surface area contributed by atoms with E-state index in [2.05, 4.69) is 36.4 Å². The molecule has 1 N–H and O–H groups in total. The van der Waals surface area contributed by atoms with E-state index in [0.29, 0.717) is 35.7 Å². The van der Waals surface area contributed by atoms with Crippen molar-refractivity contribution in [1.82, 2.24) is 0 Å². The molecule has 0 radical (unpaired) electrons. The van der Waals surface area contributed by atoms with Gasteiger partial charge in [-0.3, -0.25) is 4.79 Å². The van der Waals surface area contributed by atoms with Gasteiger partial charge in [-0.1, -0.05) is 112 Å². The molecule has 4 nitrogen and oxygen atoms in total. The van der Waals surface area contributed by atoms with Crippen LogP contribution in [-0.4, -0.2) is 17.8 Å². The van der Waals surface area contributed by atoms with E-state index in [1.165, 1.54) is 0 Å². The van der Waals surface area contributed by atoms with Crippen LogP contribution < -0.4 is 5.43 Å². The molecule has 0 saturated carbocycles. The molecule has 3 atom stereocenters. The molecule has 4 aromatic rings. The quantitative estimate of drug-likeness (QED) is 0.235. The maximum Gasteiger partial charge on any atom is 0.191 e. The van der Waals surface area contributed by atoms with E-state index < -0.39 is 11.7 Å². The van der Waals surface area contributed by atoms with Crippen molar-refractivity contribution in [3.63, 3.8) is 0 Å². The van der Waals surface area contributed by atoms with Crippen LogP contribution in [-0.2, 0) is 16.8 Å². The first-order valence-corrected chi connectivity index (χ1v) is 13.4. The third-order valence-corrected chi connectivity index (χ3v) is 7.64. The topological polar surface area (TPSA) is 59.7 Å². The van der Waals surface area contributed by atoms with E-state index in [0.717, 1.165) is 16.7 Å². The van der Waals surface area contributed by atoms with E-state index in [-0.39, 0.29) is 17.3 Å². The molecular formula is C34H38O4. The van der Waals surface area contributed by atoms with Gasteiger partial charge in [-0.2, -0.15) is 0 Å². The lowest BCUT2D eigenvalue weighted by Gasteiger charge is -2.37. The molecular weight excluding hydrogens is 472 g/mol. The molecule has 1 aromatic heterocycles. The average molecular weight is 511 g/mol. The summed E-state index contributed by atoms with van der Waals surface area (Å²) in [5.74, 6) is 0.621. The minimum absolute atomic E-state index is 0.0118. The van der Waals surface area contributed by atoms with Crippen molar-refractivity contribution >= 4 is 0 Å². The zero-order valence-corrected chi connectivity index (χ0v) is 23.0. The van der Waals surface area contributed by atoms with Crippen LogP contribution in [0.25, 0.3) is 0 Å². The van der Waals surface area contributed by atoms with Crippen LogP contribution >= 0.6 is 0 Å². The number of aliphatic hydroxyl groups excluding tert-OH is 1. The number of hydrogen-bond acceptors (Lipinski definition) is 4. The SMILES string of the molecule is CCc1oc([C@@H](C)[C@@H](O)[C@H](C)COC(c2ccccc2)(c2ccccc2)c2ccccc2)c(C)c(=O)c1C. The third-order valence-electron chi connectivity index (χ3n) is 7.64. The van der Waals surface area contributed by atoms with Crippen molar-refractivity contribution in [2.45, 2.75) is 58.7 Å². The molecule has 0 amide bonds. The molecule has 0 saturated heterocycles. The summed E-state index contributed by atoms with van der Waals surface area (Å²) in [4.78, 5) is 12.8. The lowest BCUT2D eigenvalue weighted by Crippen LogP contribution is -2.37. The molecule has 0 aliphatic carbocycles. The van der Waals surface area contributed by atoms with Gasteiger partial charge < -0.3 is 14.3 Å². The fourth-order valence-corrected chi connectivity index (χ4v) is 5.35. The molecule has 3 aromatic carbocycles. The van der Waals surface area contributed by atoms with Gasteiger partial charge in [0.25, 0.3) is 0 Å². The van der Waals surface area contributed by atoms with Gasteiger partial charge in [0.05, 0.1) is 12.7 Å². The maximum atomic E-state index is 12.8. The number of benzene rings is 3. The maximum absolute atomic E-state index is 12.8. The molecule has 4 heteroatoms. The molecule has 0 fully saturated rings. The van der Waals surface area contributed by atoms with E-state index in [1.54, 1.807) is 13.8 Å². The van der Waals surface area contributed by atoms with Crippen LogP contribution in [0.4, 0.5) is 0 Å². The Morgan fingerprint density at radius 2 is 1.24 bits per heavy atom. The summed E-state index contributed by atoms with van der Waals surface area (Å²) in [6.07, 6.45) is -0.145. The molecule has 0 bridgehead atoms. The second-order valence-electron chi connectivity index (χ2n) is 10.2. The van der Waals surface area contributed by atoms with Gasteiger partial charge in [-0.15, -0.1) is 0 Å². The number of aryl methyl sites for hydroxylation is 1. The molecule has 0 unspecified atom stereocenters. The van der Waals surface area contributed by atoms with Crippen molar-refractivity contribution in [1.29, 1.82) is 0 Å². The summed E-state index contributed by atoms with van der Waals surface area (Å²) in [6, 6.07) is 30.6. The number of ether oxygens (including phenoxy) is 1. The molecule has 0 aliphatic heterocycles. The highest BCUT2D eigenvalue weighted by molar-refractivity contribution is 5.47. The Kier molecular flexibility index (Phi) is 8.65. The van der Waals surface area contributed by atoms with Crippen LogP contribution in [0.1, 0.15) is 66.0 Å². The van der Waals surface area contributed by atoms with Gasteiger partial charge in [-0.05, 0) is 30.5 Å². The lowest BCUT2D eigenvalue weighted by atomic mass is 9.80. The fourth-order valence-electron chi connectivity index (χ4n) is 5.35. The van der Waals surface area contributed by atoms with Crippen LogP contribution in [0.2, 0.25) is 0 Å². The van der Waals surface area contributed by atoms with Crippen LogP contribution in [0, 0.1) is 19.8 Å². The molecule has 1 heterocycles. The predicted octanol–water partition coefficient (Wildman–Crippen LogP) is 6.93. The Hall–Kier alpha value is -3.47. The Morgan fingerprint density at radius 1 is 0.789 bits per heavy atom. The summed E-state index contributed by atoms with van der Waals surface area (Å²) in [5, 5.41) is 11.5. The van der Waals surface area contributed by atoms with Crippen molar-refractivity contribution in [3.8, 4) is 0 Å². The van der Waals surface area contributed by atoms with Gasteiger partial charge in [0.2, 0.25) is 0 Å². The fraction of sp³-hybridized carbons (Fsp3) is 0.324. The minimum atomic E-state index is -0.858. The Balaban J connectivity index is 1.70. The zero-order valence-electron chi connectivity index (χ0n) is 23.0. The first kappa shape index (κ1) is 27.6. The molecule has 198 valence electrons. The number of aliphatic hydroxyl groups is 1. The van der Waals surface area contributed by atoms with Gasteiger partial charge in [-0.25, -0.2) is 0 Å². The summed E-state index contributed by atoms with van der Waals surface area (Å²) in [6.45, 7) is 9.74. The van der Waals surface area contributed by atoms with Gasteiger partial charge in [0.1, 0.15) is 17.1 Å². The second kappa shape index (κ2) is 11.9. The standard InChI is InChI=1S/C34H38O4/c1-6-30-24(3)32(36)26(5)33(38-30)25(4)31(35)23(2)22-37-34(27-16-10-7-11-17-27,28-18-12-8-13-19-28)29-20-14-9-15-21-29/h7-21,23,25,31,35H,6,22H2,1-5H3/t23-,25+,31+/m1/s1. The predicted molar refractivity (Wildman–Crippen MR) is 153 cm³/mol. The van der Waals surface area contributed by atoms with Crippen molar-refractivity contribution < 1.29 is 14.3 Å². The summed E-state index contributed by atoms with van der Waals surface area (Å²) < 4.78 is 13.1. The van der Waals surface area contributed by atoms with Gasteiger partial charge >= 0.3 is 0 Å². The molecule has 4 rings (SSSR count). The third kappa shape index (κ3) is 5.24. The van der Waals surface area contributed by atoms with E-state index >= 15 is 0 Å². The van der Waals surface area contributed by atoms with Crippen LogP contribution in [0.15, 0.2) is 100 Å². The van der Waals surface area contributed by atoms with Crippen molar-refractivity contribution in [3.05, 3.63) is 141 Å². The highest BCUT2D eigenvalue weighted by atomic mass is 16.5. The summed E-state index contributed by atoms with van der Waals surface area (Å²) >= 11 is 0. The van der Waals surface area contributed by atoms with E-state index in [9.17, 15) is 9.90 Å². The lowest BCUT2D eigenvalue weighted by molar-refractivity contribution is -0.0387. The Labute approximate surface area is 225 Å². The van der Waals surface area contributed by atoms with Gasteiger partial charge in [0, 0.05) is 29.4 Å². The first-order chi connectivity index (χ1) is 18.3. The van der Waals surface area contributed by atoms with Crippen LogP contribution in [0.3, 0.4) is 0 Å². The molecule has 0 spiro atoms.